The van der Waals surface area contributed by atoms with Crippen molar-refractivity contribution in [2.45, 2.75) is 20.1 Å². The van der Waals surface area contributed by atoms with Crippen LogP contribution in [0.1, 0.15) is 11.4 Å². The molecule has 0 saturated carbocycles. The lowest BCUT2D eigenvalue weighted by Crippen LogP contribution is -2.30. The number of hydrogen-bond donors (Lipinski definition) is 1. The number of pyridine rings is 2. The maximum absolute atomic E-state index is 12.8. The Morgan fingerprint density at radius 1 is 1.07 bits per heavy atom. The summed E-state index contributed by atoms with van der Waals surface area (Å²) in [6, 6.07) is 14.2. The fourth-order valence-corrected chi connectivity index (χ4v) is 3.02. The molecule has 0 saturated heterocycles. The minimum Gasteiger partial charge on any atom is -0.485 e. The van der Waals surface area contributed by atoms with Gasteiger partial charge in [-0.15, -0.1) is 0 Å². The van der Waals surface area contributed by atoms with Crippen LogP contribution in [0.2, 0.25) is 0 Å². The Morgan fingerprint density at radius 3 is 2.70 bits per heavy atom. The first-order valence-corrected chi connectivity index (χ1v) is 9.34. The Hall–Kier alpha value is -4.07. The van der Waals surface area contributed by atoms with Crippen LogP contribution >= 0.6 is 0 Å². The number of anilines is 1. The van der Waals surface area contributed by atoms with Crippen molar-refractivity contribution >= 4 is 22.6 Å². The van der Waals surface area contributed by atoms with E-state index < -0.39 is 5.91 Å². The lowest BCUT2D eigenvalue weighted by molar-refractivity contribution is -0.116. The van der Waals surface area contributed by atoms with Crippen molar-refractivity contribution in [3.63, 3.8) is 0 Å². The van der Waals surface area contributed by atoms with E-state index in [9.17, 15) is 9.59 Å². The molecule has 1 amide bonds. The number of rotatable bonds is 6. The van der Waals surface area contributed by atoms with Crippen molar-refractivity contribution in [2.24, 2.45) is 0 Å². The Bertz CT molecular complexity index is 1250. The topological polar surface area (TPSA) is 99.0 Å². The molecule has 4 aromatic rings. The number of carbonyl (C=O) groups is 1. The summed E-state index contributed by atoms with van der Waals surface area (Å²) in [6.07, 6.45) is 4.93. The summed E-state index contributed by atoms with van der Waals surface area (Å²) in [5.41, 5.74) is 1.28. The molecule has 0 aliphatic heterocycles. The average Bonchev–Trinajstić information content (AvgIpc) is 2.77. The molecule has 0 atom stereocenters. The van der Waals surface area contributed by atoms with Crippen LogP contribution in [0.25, 0.3) is 10.9 Å². The molecule has 0 spiro atoms. The second kappa shape index (κ2) is 8.52. The highest BCUT2D eigenvalue weighted by atomic mass is 16.5. The molecule has 3 heterocycles. The van der Waals surface area contributed by atoms with Crippen molar-refractivity contribution in [3.8, 4) is 5.75 Å². The molecule has 3 aromatic heterocycles. The van der Waals surface area contributed by atoms with Gasteiger partial charge in [0.05, 0.1) is 10.9 Å². The van der Waals surface area contributed by atoms with Gasteiger partial charge >= 0.3 is 0 Å². The van der Waals surface area contributed by atoms with Crippen molar-refractivity contribution in [1.82, 2.24) is 19.5 Å². The van der Waals surface area contributed by atoms with Crippen LogP contribution < -0.4 is 15.6 Å². The van der Waals surface area contributed by atoms with Gasteiger partial charge in [0, 0.05) is 18.6 Å². The van der Waals surface area contributed by atoms with E-state index in [1.165, 1.54) is 4.57 Å². The smallest absolute Gasteiger partial charge is 0.261 e. The number of benzene rings is 1. The van der Waals surface area contributed by atoms with Gasteiger partial charge in [0.15, 0.2) is 11.6 Å². The van der Waals surface area contributed by atoms with Crippen LogP contribution in [-0.4, -0.2) is 25.4 Å². The summed E-state index contributed by atoms with van der Waals surface area (Å²) >= 11 is 0. The van der Waals surface area contributed by atoms with Gasteiger partial charge in [-0.1, -0.05) is 12.1 Å². The fourth-order valence-electron chi connectivity index (χ4n) is 3.02. The molecule has 1 aromatic carbocycles. The number of aryl methyl sites for hydroxylation is 1. The van der Waals surface area contributed by atoms with E-state index in [2.05, 4.69) is 20.3 Å². The summed E-state index contributed by atoms with van der Waals surface area (Å²) in [6.45, 7) is 1.83. The molecule has 0 unspecified atom stereocenters. The summed E-state index contributed by atoms with van der Waals surface area (Å²) in [5.74, 6) is 0.785. The third kappa shape index (κ3) is 4.17. The summed E-state index contributed by atoms with van der Waals surface area (Å²) < 4.78 is 7.14. The van der Waals surface area contributed by atoms with Crippen LogP contribution in [0, 0.1) is 6.92 Å². The zero-order chi connectivity index (χ0) is 20.9. The van der Waals surface area contributed by atoms with Gasteiger partial charge in [0.1, 0.15) is 19.0 Å². The van der Waals surface area contributed by atoms with E-state index in [0.29, 0.717) is 29.1 Å². The van der Waals surface area contributed by atoms with Crippen LogP contribution in [0.5, 0.6) is 5.75 Å². The number of nitrogens with zero attached hydrogens (tertiary/aromatic N) is 4. The number of para-hydroxylation sites is 1. The highest BCUT2D eigenvalue weighted by molar-refractivity contribution is 5.91. The number of carbonyl (C=O) groups excluding carboxylic acids is 1. The van der Waals surface area contributed by atoms with Crippen molar-refractivity contribution in [2.75, 3.05) is 5.32 Å². The van der Waals surface area contributed by atoms with Gasteiger partial charge in [-0.25, -0.2) is 9.97 Å². The molecule has 0 radical (unpaired) electrons. The van der Waals surface area contributed by atoms with Crippen LogP contribution in [0.4, 0.5) is 5.82 Å². The van der Waals surface area contributed by atoms with Crippen molar-refractivity contribution in [1.29, 1.82) is 0 Å². The molecule has 8 heteroatoms. The molecule has 1 N–H and O–H groups in total. The number of fused-ring (bicyclic) bond motifs is 1. The third-order valence-corrected chi connectivity index (χ3v) is 4.53. The van der Waals surface area contributed by atoms with E-state index in [-0.39, 0.29) is 17.9 Å². The Labute approximate surface area is 172 Å². The second-order valence-electron chi connectivity index (χ2n) is 6.61. The predicted octanol–water partition coefficient (Wildman–Crippen LogP) is 2.71. The molecular formula is C22H19N5O3. The van der Waals surface area contributed by atoms with E-state index in [1.807, 2.05) is 18.2 Å². The van der Waals surface area contributed by atoms with Gasteiger partial charge in [0.2, 0.25) is 5.91 Å². The SMILES string of the molecule is Cc1nc2ccccc2c(=O)n1CC(=O)Nc1ncccc1OCc1ccncc1. The van der Waals surface area contributed by atoms with Crippen molar-refractivity contribution in [3.05, 3.63) is 88.9 Å². The Morgan fingerprint density at radius 2 is 1.87 bits per heavy atom. The molecule has 150 valence electrons. The van der Waals surface area contributed by atoms with Crippen LogP contribution in [-0.2, 0) is 17.9 Å². The number of aromatic nitrogens is 4. The van der Waals surface area contributed by atoms with Crippen LogP contribution in [0.15, 0.2) is 71.9 Å². The molecule has 4 rings (SSSR count). The first-order valence-electron chi connectivity index (χ1n) is 9.34. The first kappa shape index (κ1) is 19.3. The maximum Gasteiger partial charge on any atom is 0.261 e. The highest BCUT2D eigenvalue weighted by Gasteiger charge is 2.14. The van der Waals surface area contributed by atoms with Gasteiger partial charge < -0.3 is 10.1 Å². The molecule has 30 heavy (non-hydrogen) atoms. The Balaban J connectivity index is 1.51. The van der Waals surface area contributed by atoms with E-state index in [0.717, 1.165) is 5.56 Å². The lowest BCUT2D eigenvalue weighted by Gasteiger charge is -2.13. The maximum atomic E-state index is 12.8. The second-order valence-corrected chi connectivity index (χ2v) is 6.61. The molecule has 0 aliphatic carbocycles. The standard InChI is InChI=1S/C22H19N5O3/c1-15-25-18-6-3-2-5-17(18)22(29)27(15)13-20(28)26-21-19(7-4-10-24-21)30-14-16-8-11-23-12-9-16/h2-12H,13-14H2,1H3,(H,24,26,28). The van der Waals surface area contributed by atoms with E-state index in [1.54, 1.807) is 55.8 Å². The molecule has 0 bridgehead atoms. The molecule has 0 aliphatic rings. The van der Waals surface area contributed by atoms with E-state index >= 15 is 0 Å². The molecule has 0 fully saturated rings. The monoisotopic (exact) mass is 401 g/mol. The predicted molar refractivity (Wildman–Crippen MR) is 112 cm³/mol. The van der Waals surface area contributed by atoms with Crippen molar-refractivity contribution < 1.29 is 9.53 Å². The number of hydrogen-bond acceptors (Lipinski definition) is 6. The number of nitrogens with one attached hydrogen (secondary N) is 1. The normalized spacial score (nSPS) is 10.7. The first-order chi connectivity index (χ1) is 14.6. The Kier molecular flexibility index (Phi) is 5.47. The summed E-state index contributed by atoms with van der Waals surface area (Å²) in [4.78, 5) is 38.0. The van der Waals surface area contributed by atoms with Crippen LogP contribution in [0.3, 0.4) is 0 Å². The van der Waals surface area contributed by atoms with Gasteiger partial charge in [-0.3, -0.25) is 19.1 Å². The largest absolute Gasteiger partial charge is 0.485 e. The lowest BCUT2D eigenvalue weighted by atomic mass is 10.2. The molecule has 8 nitrogen and oxygen atoms in total. The van der Waals surface area contributed by atoms with Gasteiger partial charge in [0.25, 0.3) is 5.56 Å². The zero-order valence-electron chi connectivity index (χ0n) is 16.3. The highest BCUT2D eigenvalue weighted by Crippen LogP contribution is 2.22. The molecular weight excluding hydrogens is 382 g/mol. The minimum atomic E-state index is -0.398. The van der Waals surface area contributed by atoms with Gasteiger partial charge in [-0.2, -0.15) is 0 Å². The quantitative estimate of drug-likeness (QED) is 0.533. The summed E-state index contributed by atoms with van der Waals surface area (Å²) in [7, 11) is 0. The van der Waals surface area contributed by atoms with E-state index in [4.69, 9.17) is 4.74 Å². The average molecular weight is 401 g/mol. The van der Waals surface area contributed by atoms with Gasteiger partial charge in [-0.05, 0) is 48.9 Å². The zero-order valence-corrected chi connectivity index (χ0v) is 16.3. The summed E-state index contributed by atoms with van der Waals surface area (Å²) in [5, 5.41) is 3.19. The number of amides is 1. The minimum absolute atomic E-state index is 0.178. The third-order valence-electron chi connectivity index (χ3n) is 4.53. The fraction of sp³-hybridized carbons (Fsp3) is 0.136. The number of ether oxygens (including phenoxy) is 1.